The molecule has 20 heavy (non-hydrogen) atoms. The van der Waals surface area contributed by atoms with Crippen LogP contribution in [0.5, 0.6) is 11.5 Å². The van der Waals surface area contributed by atoms with E-state index in [0.717, 1.165) is 11.1 Å². The molecule has 1 N–H and O–H groups in total. The van der Waals surface area contributed by atoms with E-state index in [0.29, 0.717) is 16.5 Å². The minimum Gasteiger partial charge on any atom is -0.496 e. The number of aliphatic hydroxyl groups is 1. The van der Waals surface area contributed by atoms with E-state index in [1.807, 2.05) is 25.1 Å². The molecule has 0 aliphatic heterocycles. The van der Waals surface area contributed by atoms with Gasteiger partial charge in [0.1, 0.15) is 24.2 Å². The lowest BCUT2D eigenvalue weighted by Crippen LogP contribution is -2.11. The molecule has 0 bridgehead atoms. The monoisotopic (exact) mass is 292 g/mol. The third-order valence-electron chi connectivity index (χ3n) is 2.95. The second-order valence-corrected chi connectivity index (χ2v) is 4.97. The van der Waals surface area contributed by atoms with Crippen LogP contribution in [-0.4, -0.2) is 18.8 Å². The van der Waals surface area contributed by atoms with Gasteiger partial charge in [0.25, 0.3) is 0 Å². The Hall–Kier alpha value is -1.71. The lowest BCUT2D eigenvalue weighted by molar-refractivity contribution is 0.105. The van der Waals surface area contributed by atoms with Gasteiger partial charge in [-0.2, -0.15) is 0 Å². The normalized spacial score (nSPS) is 12.0. The highest BCUT2D eigenvalue weighted by Gasteiger charge is 2.14. The number of methoxy groups -OCH3 is 1. The molecule has 0 aliphatic carbocycles. The van der Waals surface area contributed by atoms with Crippen molar-refractivity contribution >= 4 is 11.6 Å². The van der Waals surface area contributed by atoms with Crippen LogP contribution in [0.15, 0.2) is 42.5 Å². The predicted molar refractivity (Wildman–Crippen MR) is 79.6 cm³/mol. The van der Waals surface area contributed by atoms with Gasteiger partial charge in [-0.15, -0.1) is 0 Å². The molecule has 2 rings (SSSR count). The number of hydrogen-bond donors (Lipinski definition) is 1. The minimum absolute atomic E-state index is 0.139. The molecule has 0 aromatic heterocycles. The maximum absolute atomic E-state index is 10.2. The van der Waals surface area contributed by atoms with Crippen LogP contribution in [0.3, 0.4) is 0 Å². The van der Waals surface area contributed by atoms with Crippen molar-refractivity contribution in [3.63, 3.8) is 0 Å². The summed E-state index contributed by atoms with van der Waals surface area (Å²) in [6.07, 6.45) is -0.760. The third-order valence-corrected chi connectivity index (χ3v) is 3.18. The Kier molecular flexibility index (Phi) is 4.88. The van der Waals surface area contributed by atoms with Crippen LogP contribution >= 0.6 is 11.6 Å². The quantitative estimate of drug-likeness (QED) is 0.912. The highest BCUT2D eigenvalue weighted by atomic mass is 35.5. The van der Waals surface area contributed by atoms with Crippen molar-refractivity contribution in [1.82, 2.24) is 0 Å². The SMILES string of the molecule is COc1ccc(C)cc1C(O)COc1cccc(Cl)c1. The Balaban J connectivity index is 2.08. The second kappa shape index (κ2) is 6.64. The lowest BCUT2D eigenvalue weighted by atomic mass is 10.1. The predicted octanol–water partition coefficient (Wildman–Crippen LogP) is 3.77. The van der Waals surface area contributed by atoms with E-state index in [1.54, 1.807) is 31.4 Å². The number of benzene rings is 2. The van der Waals surface area contributed by atoms with Gasteiger partial charge in [-0.1, -0.05) is 29.3 Å². The molecule has 1 unspecified atom stereocenters. The summed E-state index contributed by atoms with van der Waals surface area (Å²) in [6, 6.07) is 12.8. The molecule has 3 nitrogen and oxygen atoms in total. The van der Waals surface area contributed by atoms with Crippen molar-refractivity contribution in [2.75, 3.05) is 13.7 Å². The lowest BCUT2D eigenvalue weighted by Gasteiger charge is -2.16. The van der Waals surface area contributed by atoms with Crippen molar-refractivity contribution in [3.8, 4) is 11.5 Å². The van der Waals surface area contributed by atoms with Gasteiger partial charge in [-0.05, 0) is 37.3 Å². The van der Waals surface area contributed by atoms with E-state index >= 15 is 0 Å². The molecule has 0 heterocycles. The molecule has 0 aliphatic rings. The van der Waals surface area contributed by atoms with Crippen molar-refractivity contribution in [1.29, 1.82) is 0 Å². The number of aliphatic hydroxyl groups excluding tert-OH is 1. The molecule has 0 saturated heterocycles. The van der Waals surface area contributed by atoms with E-state index < -0.39 is 6.10 Å². The summed E-state index contributed by atoms with van der Waals surface area (Å²) in [5.41, 5.74) is 1.78. The van der Waals surface area contributed by atoms with Gasteiger partial charge in [0.2, 0.25) is 0 Å². The zero-order valence-electron chi connectivity index (χ0n) is 11.5. The van der Waals surface area contributed by atoms with Crippen molar-refractivity contribution in [2.45, 2.75) is 13.0 Å². The fourth-order valence-electron chi connectivity index (χ4n) is 1.94. The summed E-state index contributed by atoms with van der Waals surface area (Å²) in [6.45, 7) is 2.10. The fourth-order valence-corrected chi connectivity index (χ4v) is 2.12. The molecule has 1 atom stereocenters. The summed E-state index contributed by atoms with van der Waals surface area (Å²) >= 11 is 5.88. The Bertz CT molecular complexity index is 584. The largest absolute Gasteiger partial charge is 0.496 e. The first kappa shape index (κ1) is 14.7. The van der Waals surface area contributed by atoms with Crippen LogP contribution in [-0.2, 0) is 0 Å². The van der Waals surface area contributed by atoms with Crippen LogP contribution in [0, 0.1) is 6.92 Å². The first-order valence-electron chi connectivity index (χ1n) is 6.31. The van der Waals surface area contributed by atoms with Crippen molar-refractivity contribution < 1.29 is 14.6 Å². The maximum Gasteiger partial charge on any atom is 0.124 e. The molecule has 0 saturated carbocycles. The van der Waals surface area contributed by atoms with Gasteiger partial charge >= 0.3 is 0 Å². The maximum atomic E-state index is 10.2. The summed E-state index contributed by atoms with van der Waals surface area (Å²) in [4.78, 5) is 0. The zero-order valence-corrected chi connectivity index (χ0v) is 12.2. The minimum atomic E-state index is -0.760. The summed E-state index contributed by atoms with van der Waals surface area (Å²) < 4.78 is 10.8. The van der Waals surface area contributed by atoms with Gasteiger partial charge in [-0.3, -0.25) is 0 Å². The highest BCUT2D eigenvalue weighted by molar-refractivity contribution is 6.30. The topological polar surface area (TPSA) is 38.7 Å². The molecule has 0 amide bonds. The molecule has 4 heteroatoms. The average Bonchev–Trinajstić information content (AvgIpc) is 2.45. The number of hydrogen-bond acceptors (Lipinski definition) is 3. The average molecular weight is 293 g/mol. The fraction of sp³-hybridized carbons (Fsp3) is 0.250. The number of ether oxygens (including phenoxy) is 2. The van der Waals surface area contributed by atoms with Gasteiger partial charge in [-0.25, -0.2) is 0 Å². The van der Waals surface area contributed by atoms with Crippen LogP contribution in [0.1, 0.15) is 17.2 Å². The van der Waals surface area contributed by atoms with Gasteiger partial charge < -0.3 is 14.6 Å². The number of halogens is 1. The van der Waals surface area contributed by atoms with E-state index in [1.165, 1.54) is 0 Å². The third kappa shape index (κ3) is 3.65. The molecular weight excluding hydrogens is 276 g/mol. The Morgan fingerprint density at radius 3 is 2.70 bits per heavy atom. The second-order valence-electron chi connectivity index (χ2n) is 4.53. The Labute approximate surface area is 123 Å². The summed E-state index contributed by atoms with van der Waals surface area (Å²) in [5, 5.41) is 10.9. The van der Waals surface area contributed by atoms with Crippen molar-refractivity contribution in [3.05, 3.63) is 58.6 Å². The standard InChI is InChI=1S/C16H17ClO3/c1-11-6-7-16(19-2)14(8-11)15(18)10-20-13-5-3-4-12(17)9-13/h3-9,15,18H,10H2,1-2H3. The van der Waals surface area contributed by atoms with E-state index in [2.05, 4.69) is 0 Å². The Morgan fingerprint density at radius 1 is 1.20 bits per heavy atom. The van der Waals surface area contributed by atoms with Crippen LogP contribution < -0.4 is 9.47 Å². The van der Waals surface area contributed by atoms with Crippen LogP contribution in [0.4, 0.5) is 0 Å². The Morgan fingerprint density at radius 2 is 2.00 bits per heavy atom. The highest BCUT2D eigenvalue weighted by Crippen LogP contribution is 2.27. The number of rotatable bonds is 5. The van der Waals surface area contributed by atoms with Crippen LogP contribution in [0.2, 0.25) is 5.02 Å². The first-order chi connectivity index (χ1) is 9.60. The number of aryl methyl sites for hydroxylation is 1. The first-order valence-corrected chi connectivity index (χ1v) is 6.69. The molecule has 2 aromatic carbocycles. The molecule has 0 fully saturated rings. The zero-order chi connectivity index (χ0) is 14.5. The van der Waals surface area contributed by atoms with Crippen LogP contribution in [0.25, 0.3) is 0 Å². The molecule has 0 radical (unpaired) electrons. The molecular formula is C16H17ClO3. The smallest absolute Gasteiger partial charge is 0.124 e. The van der Waals surface area contributed by atoms with E-state index in [9.17, 15) is 5.11 Å². The van der Waals surface area contributed by atoms with E-state index in [4.69, 9.17) is 21.1 Å². The van der Waals surface area contributed by atoms with Crippen molar-refractivity contribution in [2.24, 2.45) is 0 Å². The van der Waals surface area contributed by atoms with E-state index in [-0.39, 0.29) is 6.61 Å². The van der Waals surface area contributed by atoms with Gasteiger partial charge in [0.15, 0.2) is 0 Å². The van der Waals surface area contributed by atoms with Gasteiger partial charge in [0, 0.05) is 10.6 Å². The molecule has 106 valence electrons. The molecule has 0 spiro atoms. The molecule has 2 aromatic rings. The summed E-state index contributed by atoms with van der Waals surface area (Å²) in [7, 11) is 1.58. The van der Waals surface area contributed by atoms with Gasteiger partial charge in [0.05, 0.1) is 7.11 Å². The summed E-state index contributed by atoms with van der Waals surface area (Å²) in [5.74, 6) is 1.28.